The number of halogens is 6. The Balaban J connectivity index is 2.27. The zero-order chi connectivity index (χ0) is 23.3. The first-order chi connectivity index (χ1) is 14.5. The topological polar surface area (TPSA) is 58.6 Å². The summed E-state index contributed by atoms with van der Waals surface area (Å²) in [5, 5.41) is -2.38. The third-order valence-corrected chi connectivity index (χ3v) is 5.11. The number of anilines is 1. The van der Waals surface area contributed by atoms with Crippen LogP contribution in [0.25, 0.3) is 0 Å². The number of carbonyl (C=O) groups excluding carboxylic acids is 2. The Kier molecular flexibility index (Phi) is 8.33. The fourth-order valence-electron chi connectivity index (χ4n) is 2.35. The summed E-state index contributed by atoms with van der Waals surface area (Å²) in [4.78, 5) is 25.3. The van der Waals surface area contributed by atoms with E-state index in [1.165, 1.54) is 13.2 Å². The summed E-state index contributed by atoms with van der Waals surface area (Å²) in [7, 11) is 3.35. The van der Waals surface area contributed by atoms with Gasteiger partial charge in [-0.15, -0.1) is 9.24 Å². The van der Waals surface area contributed by atoms with Gasteiger partial charge in [-0.1, -0.05) is 6.07 Å². The molecule has 2 rings (SSSR count). The minimum Gasteiger partial charge on any atom is -0.364 e. The van der Waals surface area contributed by atoms with Crippen molar-refractivity contribution in [3.05, 3.63) is 53.6 Å². The van der Waals surface area contributed by atoms with Gasteiger partial charge in [0, 0.05) is 12.0 Å². The Hall–Kier alpha value is -2.30. The molecular formula is C18H15F6N2O3PS. The molecule has 2 aromatic carbocycles. The summed E-state index contributed by atoms with van der Waals surface area (Å²) >= 11 is -0.363. The van der Waals surface area contributed by atoms with Gasteiger partial charge in [0.25, 0.3) is 5.91 Å². The van der Waals surface area contributed by atoms with Gasteiger partial charge >= 0.3 is 17.7 Å². The van der Waals surface area contributed by atoms with Gasteiger partial charge in [0.1, 0.15) is 23.9 Å². The van der Waals surface area contributed by atoms with Gasteiger partial charge in [0.2, 0.25) is 0 Å². The molecule has 1 N–H and O–H groups in total. The number of alkyl halides is 4. The fraction of sp³-hybridized carbons (Fsp3) is 0.222. The number of thioether (sulfide) groups is 1. The van der Waals surface area contributed by atoms with Crippen molar-refractivity contribution in [2.75, 3.05) is 18.7 Å². The van der Waals surface area contributed by atoms with Crippen molar-refractivity contribution in [2.45, 2.75) is 16.6 Å². The summed E-state index contributed by atoms with van der Waals surface area (Å²) in [5.41, 5.74) is -0.920. The zero-order valence-electron chi connectivity index (χ0n) is 15.7. The van der Waals surface area contributed by atoms with Crippen LogP contribution in [0.5, 0.6) is 0 Å². The largest absolute Gasteiger partial charge is 0.364 e. The molecule has 2 aromatic rings. The normalized spacial score (nSPS) is 11.5. The lowest BCUT2D eigenvalue weighted by atomic mass is 10.2. The highest BCUT2D eigenvalue weighted by Gasteiger charge is 2.42. The average molecular weight is 484 g/mol. The molecule has 0 bridgehead atoms. The number of hydrogen-bond acceptors (Lipinski definition) is 4. The number of benzene rings is 2. The van der Waals surface area contributed by atoms with E-state index in [9.17, 15) is 35.9 Å². The summed E-state index contributed by atoms with van der Waals surface area (Å²) in [6.45, 7) is -0.431. The molecule has 0 aliphatic carbocycles. The Morgan fingerprint density at radius 3 is 2.32 bits per heavy atom. The highest BCUT2D eigenvalue weighted by Crippen LogP contribution is 2.40. The monoisotopic (exact) mass is 484 g/mol. The molecule has 168 valence electrons. The van der Waals surface area contributed by atoms with E-state index in [1.54, 1.807) is 0 Å². The Labute approximate surface area is 179 Å². The molecule has 0 saturated heterocycles. The van der Waals surface area contributed by atoms with E-state index >= 15 is 0 Å². The molecule has 0 fully saturated rings. The van der Waals surface area contributed by atoms with Crippen molar-refractivity contribution >= 4 is 43.9 Å². The van der Waals surface area contributed by atoms with Crippen LogP contribution in [0.15, 0.2) is 41.3 Å². The molecule has 1 atom stereocenters. The van der Waals surface area contributed by atoms with Crippen molar-refractivity contribution in [3.8, 4) is 0 Å². The van der Waals surface area contributed by atoms with Crippen LogP contribution in [0.3, 0.4) is 0 Å². The molecule has 0 aliphatic rings. The quantitative estimate of drug-likeness (QED) is 0.275. The van der Waals surface area contributed by atoms with Gasteiger partial charge in [0.15, 0.2) is 0 Å². The molecule has 13 heteroatoms. The van der Waals surface area contributed by atoms with E-state index in [1.807, 2.05) is 5.32 Å². The van der Waals surface area contributed by atoms with Crippen molar-refractivity contribution in [3.63, 3.8) is 0 Å². The van der Waals surface area contributed by atoms with Crippen molar-refractivity contribution in [1.29, 1.82) is 0 Å². The molecule has 5 nitrogen and oxygen atoms in total. The van der Waals surface area contributed by atoms with Gasteiger partial charge in [-0.2, -0.15) is 8.78 Å². The number of hydrogen-bond donors (Lipinski definition) is 1. The lowest BCUT2D eigenvalue weighted by Gasteiger charge is -2.24. The average Bonchev–Trinajstić information content (AvgIpc) is 2.66. The van der Waals surface area contributed by atoms with Crippen LogP contribution in [-0.2, 0) is 4.74 Å². The number of urea groups is 1. The van der Waals surface area contributed by atoms with Crippen LogP contribution >= 0.6 is 21.0 Å². The van der Waals surface area contributed by atoms with Crippen LogP contribution in [0.4, 0.5) is 36.8 Å². The molecule has 0 heterocycles. The third-order valence-electron chi connectivity index (χ3n) is 3.71. The standard InChI is InChI=1S/C18H15F6N2O3PS/c1-29-8-26(17(28)25-15(27)14-10(19)3-2-4-11(14)20)12-6-5-9(7-13(12)30)31-18(23,24)16(21)22/h2-7,16H,8,30H2,1H3,(H,25,27,28). The second kappa shape index (κ2) is 10.3. The van der Waals surface area contributed by atoms with Gasteiger partial charge in [-0.3, -0.25) is 15.0 Å². The molecule has 1 unspecified atom stereocenters. The SMILES string of the molecule is COCN(C(=O)NC(=O)c1c(F)cccc1F)c1ccc(SC(F)(F)C(F)F)cc1P. The first kappa shape index (κ1) is 25.0. The number of rotatable bonds is 7. The van der Waals surface area contributed by atoms with E-state index in [-0.39, 0.29) is 27.6 Å². The maximum Gasteiger partial charge on any atom is 0.357 e. The highest BCUT2D eigenvalue weighted by atomic mass is 32.2. The van der Waals surface area contributed by atoms with Crippen molar-refractivity contribution in [2.24, 2.45) is 0 Å². The number of ether oxygens (including phenoxy) is 1. The number of nitrogens with one attached hydrogen (secondary N) is 1. The maximum atomic E-state index is 13.8. The van der Waals surface area contributed by atoms with Crippen LogP contribution < -0.4 is 15.5 Å². The number of methoxy groups -OCH3 is 1. The molecule has 0 saturated carbocycles. The number of imide groups is 1. The maximum absolute atomic E-state index is 13.8. The van der Waals surface area contributed by atoms with E-state index < -0.39 is 47.5 Å². The number of amides is 3. The first-order valence-electron chi connectivity index (χ1n) is 8.28. The summed E-state index contributed by atoms with van der Waals surface area (Å²) in [6.07, 6.45) is -3.88. The molecule has 31 heavy (non-hydrogen) atoms. The molecule has 0 aromatic heterocycles. The lowest BCUT2D eigenvalue weighted by molar-refractivity contribution is -0.0563. The Morgan fingerprint density at radius 1 is 1.19 bits per heavy atom. The van der Waals surface area contributed by atoms with E-state index in [0.717, 1.165) is 35.2 Å². The van der Waals surface area contributed by atoms with Crippen LogP contribution in [0.2, 0.25) is 0 Å². The minimum atomic E-state index is -4.32. The molecule has 0 aliphatic heterocycles. The first-order valence-corrected chi connectivity index (χ1v) is 9.67. The fourth-order valence-corrected chi connectivity index (χ4v) is 3.63. The predicted octanol–water partition coefficient (Wildman–Crippen LogP) is 4.38. The Morgan fingerprint density at radius 2 is 1.81 bits per heavy atom. The summed E-state index contributed by atoms with van der Waals surface area (Å²) in [6, 6.07) is 4.92. The van der Waals surface area contributed by atoms with Gasteiger partial charge in [-0.25, -0.2) is 22.4 Å². The molecular weight excluding hydrogens is 469 g/mol. The predicted molar refractivity (Wildman–Crippen MR) is 106 cm³/mol. The number of nitrogens with zero attached hydrogens (tertiary/aromatic N) is 1. The zero-order valence-corrected chi connectivity index (χ0v) is 17.6. The van der Waals surface area contributed by atoms with Gasteiger partial charge < -0.3 is 4.74 Å². The van der Waals surface area contributed by atoms with Gasteiger partial charge in [-0.05, 0) is 47.4 Å². The number of carbonyl (C=O) groups is 2. The van der Waals surface area contributed by atoms with E-state index in [2.05, 4.69) is 9.24 Å². The summed E-state index contributed by atoms with van der Waals surface area (Å²) in [5.74, 6) is -3.72. The van der Waals surface area contributed by atoms with Crippen LogP contribution in [0, 0.1) is 11.6 Å². The van der Waals surface area contributed by atoms with Crippen molar-refractivity contribution in [1.82, 2.24) is 5.32 Å². The highest BCUT2D eigenvalue weighted by molar-refractivity contribution is 8.00. The lowest BCUT2D eigenvalue weighted by Crippen LogP contribution is -2.45. The summed E-state index contributed by atoms with van der Waals surface area (Å²) < 4.78 is 83.7. The minimum absolute atomic E-state index is 0.0517. The second-order valence-corrected chi connectivity index (χ2v) is 7.73. The second-order valence-electron chi connectivity index (χ2n) is 5.89. The van der Waals surface area contributed by atoms with E-state index in [0.29, 0.717) is 0 Å². The molecule has 0 radical (unpaired) electrons. The van der Waals surface area contributed by atoms with E-state index in [4.69, 9.17) is 4.74 Å². The smallest absolute Gasteiger partial charge is 0.357 e. The van der Waals surface area contributed by atoms with Crippen LogP contribution in [-0.4, -0.2) is 37.5 Å². The van der Waals surface area contributed by atoms with Crippen molar-refractivity contribution < 1.29 is 40.7 Å². The molecule has 0 spiro atoms. The molecule has 3 amide bonds. The van der Waals surface area contributed by atoms with Gasteiger partial charge in [0.05, 0.1) is 5.69 Å². The van der Waals surface area contributed by atoms with Crippen LogP contribution in [0.1, 0.15) is 10.4 Å². The Bertz CT molecular complexity index is 959. The third kappa shape index (κ3) is 6.11.